The Morgan fingerprint density at radius 2 is 2.36 bits per heavy atom. The highest BCUT2D eigenvalue weighted by Crippen LogP contribution is 2.35. The smallest absolute Gasteiger partial charge is 0.339 e. The number of fused-ring (bicyclic) bond motifs is 1. The Morgan fingerprint density at radius 3 is 3.14 bits per heavy atom. The van der Waals surface area contributed by atoms with Gasteiger partial charge in [0.25, 0.3) is 0 Å². The van der Waals surface area contributed by atoms with Crippen molar-refractivity contribution >= 4 is 17.7 Å². The molecule has 0 saturated carbocycles. The highest BCUT2D eigenvalue weighted by atomic mass is 32.2. The maximum absolute atomic E-state index is 10.9. The molecule has 3 nitrogen and oxygen atoms in total. The Balaban J connectivity index is 2.47. The number of carboxylic acid groups (broad SMARTS) is 1. The predicted molar refractivity (Wildman–Crippen MR) is 54.2 cm³/mol. The summed E-state index contributed by atoms with van der Waals surface area (Å²) in [5.74, 6) is 0.586. The molecule has 0 atom stereocenters. The van der Waals surface area contributed by atoms with Crippen LogP contribution >= 0.6 is 11.8 Å². The summed E-state index contributed by atoms with van der Waals surface area (Å²) in [7, 11) is 0. The molecule has 14 heavy (non-hydrogen) atoms. The van der Waals surface area contributed by atoms with Crippen molar-refractivity contribution < 1.29 is 14.6 Å². The van der Waals surface area contributed by atoms with Gasteiger partial charge < -0.3 is 9.84 Å². The molecule has 1 N–H and O–H groups in total. The number of aromatic carboxylic acids is 1. The molecule has 0 aliphatic carbocycles. The fourth-order valence-electron chi connectivity index (χ4n) is 1.36. The van der Waals surface area contributed by atoms with E-state index in [-0.39, 0.29) is 5.56 Å². The number of carboxylic acids is 1. The minimum Gasteiger partial charge on any atom is -0.491 e. The van der Waals surface area contributed by atoms with Crippen molar-refractivity contribution in [3.8, 4) is 5.75 Å². The molecule has 0 bridgehead atoms. The van der Waals surface area contributed by atoms with Gasteiger partial charge in [-0.1, -0.05) is 6.07 Å². The Bertz CT molecular complexity index is 362. The number of benzene rings is 1. The normalized spacial score (nSPS) is 15.1. The number of ether oxygens (including phenoxy) is 1. The molecule has 1 aliphatic heterocycles. The molecule has 2 rings (SSSR count). The van der Waals surface area contributed by atoms with Gasteiger partial charge in [0.2, 0.25) is 0 Å². The van der Waals surface area contributed by atoms with E-state index in [1.165, 1.54) is 0 Å². The Hall–Kier alpha value is -1.16. The minimum absolute atomic E-state index is 0.261. The number of hydrogen-bond acceptors (Lipinski definition) is 3. The number of rotatable bonds is 1. The second kappa shape index (κ2) is 3.92. The molecule has 0 saturated heterocycles. The molecule has 1 aromatic carbocycles. The predicted octanol–water partition coefficient (Wildman–Crippen LogP) is 2.26. The standard InChI is InChI=1S/C10H10O3S/c11-10(12)7-3-1-4-8-9(7)13-5-2-6-14-8/h1,3-4H,2,5-6H2,(H,11,12). The monoisotopic (exact) mass is 210 g/mol. The van der Waals surface area contributed by atoms with Crippen LogP contribution in [0.4, 0.5) is 0 Å². The van der Waals surface area contributed by atoms with Gasteiger partial charge in [-0.2, -0.15) is 0 Å². The van der Waals surface area contributed by atoms with Crippen molar-refractivity contribution in [1.82, 2.24) is 0 Å². The van der Waals surface area contributed by atoms with Crippen molar-refractivity contribution in [3.63, 3.8) is 0 Å². The molecule has 1 heterocycles. The van der Waals surface area contributed by atoms with Crippen LogP contribution in [-0.4, -0.2) is 23.4 Å². The highest BCUT2D eigenvalue weighted by Gasteiger charge is 2.17. The van der Waals surface area contributed by atoms with Crippen LogP contribution < -0.4 is 4.74 Å². The van der Waals surface area contributed by atoms with Crippen LogP contribution in [0.25, 0.3) is 0 Å². The SMILES string of the molecule is O=C(O)c1cccc2c1OCCCS2. The molecule has 74 valence electrons. The maximum atomic E-state index is 10.9. The summed E-state index contributed by atoms with van der Waals surface area (Å²) >= 11 is 1.65. The zero-order valence-electron chi connectivity index (χ0n) is 7.53. The van der Waals surface area contributed by atoms with Crippen molar-refractivity contribution in [2.45, 2.75) is 11.3 Å². The van der Waals surface area contributed by atoms with Crippen LogP contribution in [0.15, 0.2) is 23.1 Å². The first-order chi connectivity index (χ1) is 6.79. The molecule has 0 aromatic heterocycles. The maximum Gasteiger partial charge on any atom is 0.339 e. The quantitative estimate of drug-likeness (QED) is 0.772. The lowest BCUT2D eigenvalue weighted by molar-refractivity contribution is 0.0691. The highest BCUT2D eigenvalue weighted by molar-refractivity contribution is 7.99. The third kappa shape index (κ3) is 1.70. The number of hydrogen-bond donors (Lipinski definition) is 1. The van der Waals surface area contributed by atoms with E-state index >= 15 is 0 Å². The van der Waals surface area contributed by atoms with Gasteiger partial charge in [-0.05, 0) is 18.6 Å². The van der Waals surface area contributed by atoms with E-state index in [0.29, 0.717) is 12.4 Å². The molecule has 0 fully saturated rings. The summed E-state index contributed by atoms with van der Waals surface area (Å²) in [5.41, 5.74) is 0.261. The van der Waals surface area contributed by atoms with E-state index in [0.717, 1.165) is 17.1 Å². The van der Waals surface area contributed by atoms with Crippen LogP contribution in [0.1, 0.15) is 16.8 Å². The second-order valence-corrected chi connectivity index (χ2v) is 4.13. The minimum atomic E-state index is -0.927. The van der Waals surface area contributed by atoms with Crippen LogP contribution in [0.2, 0.25) is 0 Å². The van der Waals surface area contributed by atoms with Crippen molar-refractivity contribution in [2.24, 2.45) is 0 Å². The van der Waals surface area contributed by atoms with E-state index < -0.39 is 5.97 Å². The third-order valence-corrected chi connectivity index (χ3v) is 3.13. The van der Waals surface area contributed by atoms with Crippen LogP contribution in [-0.2, 0) is 0 Å². The molecule has 4 heteroatoms. The summed E-state index contributed by atoms with van der Waals surface area (Å²) in [6.45, 7) is 0.601. The first kappa shape index (κ1) is 9.40. The van der Waals surface area contributed by atoms with Gasteiger partial charge in [0, 0.05) is 5.75 Å². The largest absolute Gasteiger partial charge is 0.491 e. The van der Waals surface area contributed by atoms with Crippen LogP contribution in [0.3, 0.4) is 0 Å². The fraction of sp³-hybridized carbons (Fsp3) is 0.300. The molecule has 0 unspecified atom stereocenters. The van der Waals surface area contributed by atoms with Gasteiger partial charge in [0.15, 0.2) is 0 Å². The summed E-state index contributed by atoms with van der Waals surface area (Å²) in [6.07, 6.45) is 0.957. The van der Waals surface area contributed by atoms with Crippen molar-refractivity contribution in [3.05, 3.63) is 23.8 Å². The molecular formula is C10H10O3S. The summed E-state index contributed by atoms with van der Waals surface area (Å²) < 4.78 is 5.44. The summed E-state index contributed by atoms with van der Waals surface area (Å²) in [6, 6.07) is 5.23. The van der Waals surface area contributed by atoms with E-state index in [4.69, 9.17) is 9.84 Å². The van der Waals surface area contributed by atoms with Gasteiger partial charge >= 0.3 is 5.97 Å². The lowest BCUT2D eigenvalue weighted by Gasteiger charge is -2.08. The molecule has 0 spiro atoms. The average Bonchev–Trinajstić information content (AvgIpc) is 2.41. The Morgan fingerprint density at radius 1 is 1.50 bits per heavy atom. The van der Waals surface area contributed by atoms with Crippen LogP contribution in [0, 0.1) is 0 Å². The lowest BCUT2D eigenvalue weighted by Crippen LogP contribution is -2.03. The van der Waals surface area contributed by atoms with Crippen molar-refractivity contribution in [2.75, 3.05) is 12.4 Å². The van der Waals surface area contributed by atoms with E-state index in [1.54, 1.807) is 23.9 Å². The van der Waals surface area contributed by atoms with Gasteiger partial charge in [-0.15, -0.1) is 11.8 Å². The van der Waals surface area contributed by atoms with E-state index in [9.17, 15) is 4.79 Å². The fourth-order valence-corrected chi connectivity index (χ4v) is 2.32. The average molecular weight is 210 g/mol. The Kier molecular flexibility index (Phi) is 2.63. The molecule has 1 aromatic rings. The first-order valence-corrected chi connectivity index (χ1v) is 5.39. The second-order valence-electron chi connectivity index (χ2n) is 2.99. The molecule has 1 aliphatic rings. The third-order valence-electron chi connectivity index (χ3n) is 2.00. The van der Waals surface area contributed by atoms with Crippen molar-refractivity contribution in [1.29, 1.82) is 0 Å². The molecule has 0 radical (unpaired) electrons. The van der Waals surface area contributed by atoms with Crippen LogP contribution in [0.5, 0.6) is 5.75 Å². The van der Waals surface area contributed by atoms with E-state index in [2.05, 4.69) is 0 Å². The molecule has 0 amide bonds. The Labute approximate surface area is 86.1 Å². The number of carbonyl (C=O) groups is 1. The van der Waals surface area contributed by atoms with Gasteiger partial charge in [-0.25, -0.2) is 4.79 Å². The first-order valence-electron chi connectivity index (χ1n) is 4.41. The zero-order chi connectivity index (χ0) is 9.97. The summed E-state index contributed by atoms with van der Waals surface area (Å²) in [5, 5.41) is 8.94. The lowest BCUT2D eigenvalue weighted by atomic mass is 10.2. The number of thioether (sulfide) groups is 1. The topological polar surface area (TPSA) is 46.5 Å². The zero-order valence-corrected chi connectivity index (χ0v) is 8.34. The molecular weight excluding hydrogens is 200 g/mol. The van der Waals surface area contributed by atoms with Gasteiger partial charge in [0.1, 0.15) is 11.3 Å². The van der Waals surface area contributed by atoms with Gasteiger partial charge in [-0.3, -0.25) is 0 Å². The van der Waals surface area contributed by atoms with Gasteiger partial charge in [0.05, 0.1) is 11.5 Å². The van der Waals surface area contributed by atoms with E-state index in [1.807, 2.05) is 6.07 Å². The number of para-hydroxylation sites is 1. The summed E-state index contributed by atoms with van der Waals surface area (Å²) in [4.78, 5) is 11.8.